The lowest BCUT2D eigenvalue weighted by Crippen LogP contribution is -2.17. The Labute approximate surface area is 137 Å². The third-order valence-corrected chi connectivity index (χ3v) is 3.54. The predicted molar refractivity (Wildman–Crippen MR) is 94.2 cm³/mol. The molecule has 5 heteroatoms. The maximum Gasteiger partial charge on any atom is 0.274 e. The number of nitrogens with one attached hydrogen (secondary N) is 2. The van der Waals surface area contributed by atoms with Crippen LogP contribution in [0.1, 0.15) is 46.3 Å². The van der Waals surface area contributed by atoms with Gasteiger partial charge in [0.25, 0.3) is 5.91 Å². The van der Waals surface area contributed by atoms with Gasteiger partial charge in [0.2, 0.25) is 0 Å². The van der Waals surface area contributed by atoms with Crippen LogP contribution in [0.15, 0.2) is 18.2 Å². The third kappa shape index (κ3) is 4.28. The topological polar surface area (TPSA) is 66.9 Å². The minimum absolute atomic E-state index is 0.217. The van der Waals surface area contributed by atoms with Gasteiger partial charge < -0.3 is 10.6 Å². The molecule has 2 aromatic rings. The van der Waals surface area contributed by atoms with Crippen LogP contribution in [-0.2, 0) is 0 Å². The number of amides is 1. The zero-order chi connectivity index (χ0) is 17.0. The van der Waals surface area contributed by atoms with Gasteiger partial charge in [-0.2, -0.15) is 0 Å². The minimum Gasteiger partial charge on any atom is -0.370 e. The van der Waals surface area contributed by atoms with Crippen LogP contribution >= 0.6 is 0 Å². The fourth-order valence-corrected chi connectivity index (χ4v) is 2.58. The summed E-state index contributed by atoms with van der Waals surface area (Å²) in [6, 6.07) is 5.81. The number of aryl methyl sites for hydroxylation is 4. The Bertz CT molecular complexity index is 702. The molecule has 122 valence electrons. The summed E-state index contributed by atoms with van der Waals surface area (Å²) in [4.78, 5) is 21.1. The molecule has 2 N–H and O–H groups in total. The molecular weight excluding hydrogens is 288 g/mol. The van der Waals surface area contributed by atoms with Crippen LogP contribution in [0, 0.1) is 27.7 Å². The second-order valence-electron chi connectivity index (χ2n) is 5.84. The van der Waals surface area contributed by atoms with Crippen molar-refractivity contribution in [3.8, 4) is 0 Å². The van der Waals surface area contributed by atoms with Crippen LogP contribution < -0.4 is 10.6 Å². The summed E-state index contributed by atoms with van der Waals surface area (Å²) in [6.07, 6.45) is 0.992. The molecule has 0 fully saturated rings. The molecule has 1 heterocycles. The molecule has 23 heavy (non-hydrogen) atoms. The van der Waals surface area contributed by atoms with Crippen molar-refractivity contribution in [2.45, 2.75) is 41.0 Å². The van der Waals surface area contributed by atoms with E-state index in [0.717, 1.165) is 29.8 Å². The van der Waals surface area contributed by atoms with E-state index in [9.17, 15) is 4.79 Å². The number of rotatable bonds is 5. The normalized spacial score (nSPS) is 10.5. The van der Waals surface area contributed by atoms with E-state index in [1.54, 1.807) is 13.0 Å². The molecule has 2 rings (SSSR count). The number of carbonyl (C=O) groups is 1. The third-order valence-electron chi connectivity index (χ3n) is 3.54. The Balaban J connectivity index is 2.26. The Hall–Kier alpha value is -2.43. The van der Waals surface area contributed by atoms with E-state index in [0.29, 0.717) is 17.3 Å². The van der Waals surface area contributed by atoms with E-state index in [2.05, 4.69) is 39.7 Å². The van der Waals surface area contributed by atoms with Crippen LogP contribution in [0.2, 0.25) is 0 Å². The Kier molecular flexibility index (Phi) is 5.32. The summed E-state index contributed by atoms with van der Waals surface area (Å²) < 4.78 is 0. The molecule has 5 nitrogen and oxygen atoms in total. The van der Waals surface area contributed by atoms with Crippen molar-refractivity contribution in [2.75, 3.05) is 17.2 Å². The first kappa shape index (κ1) is 16.9. The molecule has 0 aliphatic carbocycles. The van der Waals surface area contributed by atoms with Crippen LogP contribution in [0.3, 0.4) is 0 Å². The van der Waals surface area contributed by atoms with E-state index in [-0.39, 0.29) is 5.91 Å². The first-order valence-corrected chi connectivity index (χ1v) is 7.89. The van der Waals surface area contributed by atoms with E-state index in [1.807, 2.05) is 20.8 Å². The molecule has 1 amide bonds. The Morgan fingerprint density at radius 1 is 1.04 bits per heavy atom. The molecule has 0 saturated heterocycles. The van der Waals surface area contributed by atoms with E-state index < -0.39 is 0 Å². The second kappa shape index (κ2) is 7.22. The summed E-state index contributed by atoms with van der Waals surface area (Å²) >= 11 is 0. The van der Waals surface area contributed by atoms with Gasteiger partial charge in [-0.05, 0) is 45.2 Å². The fourth-order valence-electron chi connectivity index (χ4n) is 2.58. The fraction of sp³-hybridized carbons (Fsp3) is 0.389. The molecule has 0 saturated carbocycles. The van der Waals surface area contributed by atoms with Gasteiger partial charge in [0.15, 0.2) is 0 Å². The van der Waals surface area contributed by atoms with E-state index >= 15 is 0 Å². The van der Waals surface area contributed by atoms with Crippen LogP contribution in [0.25, 0.3) is 0 Å². The number of aromatic nitrogens is 2. The standard InChI is InChI=1S/C18H24N4O/c1-6-7-19-16-10-15(20-14(5)21-16)18(23)22-17-12(3)8-11(2)9-13(17)4/h8-10H,6-7H2,1-5H3,(H,22,23)(H,19,20,21). The highest BCUT2D eigenvalue weighted by molar-refractivity contribution is 6.04. The lowest BCUT2D eigenvalue weighted by atomic mass is 10.0. The molecule has 0 unspecified atom stereocenters. The summed E-state index contributed by atoms with van der Waals surface area (Å²) in [6.45, 7) is 10.7. The first-order valence-electron chi connectivity index (χ1n) is 7.89. The largest absolute Gasteiger partial charge is 0.370 e. The average molecular weight is 312 g/mol. The van der Waals surface area contributed by atoms with Gasteiger partial charge in [0, 0.05) is 18.3 Å². The van der Waals surface area contributed by atoms with Crippen molar-refractivity contribution in [2.24, 2.45) is 0 Å². The molecule has 0 atom stereocenters. The van der Waals surface area contributed by atoms with Crippen molar-refractivity contribution in [3.05, 3.63) is 46.4 Å². The van der Waals surface area contributed by atoms with E-state index in [4.69, 9.17) is 0 Å². The maximum atomic E-state index is 12.6. The molecule has 0 aliphatic rings. The molecule has 0 radical (unpaired) electrons. The van der Waals surface area contributed by atoms with Crippen molar-refractivity contribution in [1.29, 1.82) is 0 Å². The first-order chi connectivity index (χ1) is 10.9. The zero-order valence-corrected chi connectivity index (χ0v) is 14.4. The highest BCUT2D eigenvalue weighted by Gasteiger charge is 2.13. The monoisotopic (exact) mass is 312 g/mol. The molecule has 0 spiro atoms. The van der Waals surface area contributed by atoms with Crippen molar-refractivity contribution in [3.63, 3.8) is 0 Å². The number of hydrogen-bond acceptors (Lipinski definition) is 4. The summed E-state index contributed by atoms with van der Waals surface area (Å²) in [7, 11) is 0. The van der Waals surface area contributed by atoms with Crippen molar-refractivity contribution in [1.82, 2.24) is 9.97 Å². The van der Waals surface area contributed by atoms with Gasteiger partial charge >= 0.3 is 0 Å². The van der Waals surface area contributed by atoms with E-state index in [1.165, 1.54) is 5.56 Å². The summed E-state index contributed by atoms with van der Waals surface area (Å²) in [5.74, 6) is 1.04. The highest BCUT2D eigenvalue weighted by Crippen LogP contribution is 2.22. The lowest BCUT2D eigenvalue weighted by Gasteiger charge is -2.13. The maximum absolute atomic E-state index is 12.6. The Morgan fingerprint density at radius 2 is 1.70 bits per heavy atom. The zero-order valence-electron chi connectivity index (χ0n) is 14.4. The Morgan fingerprint density at radius 3 is 2.30 bits per heavy atom. The minimum atomic E-state index is -0.217. The van der Waals surface area contributed by atoms with Gasteiger partial charge in [-0.15, -0.1) is 0 Å². The SMILES string of the molecule is CCCNc1cc(C(=O)Nc2c(C)cc(C)cc2C)nc(C)n1. The number of benzene rings is 1. The predicted octanol–water partition coefficient (Wildman–Crippen LogP) is 3.78. The quantitative estimate of drug-likeness (QED) is 0.881. The molecule has 1 aromatic carbocycles. The van der Waals surface area contributed by atoms with Crippen molar-refractivity contribution >= 4 is 17.4 Å². The molecule has 0 aliphatic heterocycles. The number of hydrogen-bond donors (Lipinski definition) is 2. The highest BCUT2D eigenvalue weighted by atomic mass is 16.1. The molecular formula is C18H24N4O. The number of nitrogens with zero attached hydrogens (tertiary/aromatic N) is 2. The van der Waals surface area contributed by atoms with Gasteiger partial charge in [-0.3, -0.25) is 4.79 Å². The number of anilines is 2. The number of carbonyl (C=O) groups excluding carboxylic acids is 1. The van der Waals surface area contributed by atoms with Gasteiger partial charge in [-0.1, -0.05) is 24.6 Å². The second-order valence-corrected chi connectivity index (χ2v) is 5.84. The van der Waals surface area contributed by atoms with Crippen LogP contribution in [0.5, 0.6) is 0 Å². The van der Waals surface area contributed by atoms with Crippen LogP contribution in [0.4, 0.5) is 11.5 Å². The smallest absolute Gasteiger partial charge is 0.274 e. The van der Waals surface area contributed by atoms with Gasteiger partial charge in [-0.25, -0.2) is 9.97 Å². The summed E-state index contributed by atoms with van der Waals surface area (Å²) in [5, 5.41) is 6.17. The molecule has 0 bridgehead atoms. The molecule has 1 aromatic heterocycles. The average Bonchev–Trinajstić information content (AvgIpc) is 2.48. The summed E-state index contributed by atoms with van der Waals surface area (Å²) in [5.41, 5.74) is 4.49. The van der Waals surface area contributed by atoms with Gasteiger partial charge in [0.1, 0.15) is 17.3 Å². The lowest BCUT2D eigenvalue weighted by molar-refractivity contribution is 0.102. The van der Waals surface area contributed by atoms with Crippen molar-refractivity contribution < 1.29 is 4.79 Å². The van der Waals surface area contributed by atoms with Crippen LogP contribution in [-0.4, -0.2) is 22.4 Å². The van der Waals surface area contributed by atoms with Gasteiger partial charge in [0.05, 0.1) is 0 Å².